The molecule has 96 valence electrons. The molecule has 1 nitrogen and oxygen atoms in total. The van der Waals surface area contributed by atoms with Gasteiger partial charge in [-0.2, -0.15) is 0 Å². The molecule has 1 aromatic carbocycles. The number of halogens is 1. The van der Waals surface area contributed by atoms with Gasteiger partial charge in [-0.05, 0) is 43.0 Å². The highest BCUT2D eigenvalue weighted by Crippen LogP contribution is 2.16. The van der Waals surface area contributed by atoms with Crippen molar-refractivity contribution in [3.63, 3.8) is 0 Å². The molecule has 1 N–H and O–H groups in total. The molecule has 17 heavy (non-hydrogen) atoms. The molecule has 0 saturated heterocycles. The van der Waals surface area contributed by atoms with E-state index in [1.165, 1.54) is 18.4 Å². The standard InChI is InChI=1S/C15H24ClN/c1-4-12(3)9-15(17-5-2)11-13-7-6-8-14(16)10-13/h6-8,10,12,15,17H,4-5,9,11H2,1-3H3. The van der Waals surface area contributed by atoms with E-state index in [-0.39, 0.29) is 0 Å². The number of hydrogen-bond donors (Lipinski definition) is 1. The van der Waals surface area contributed by atoms with Crippen LogP contribution in [0.25, 0.3) is 0 Å². The van der Waals surface area contributed by atoms with Gasteiger partial charge in [-0.15, -0.1) is 0 Å². The number of likely N-dealkylation sites (N-methyl/N-ethyl adjacent to an activating group) is 1. The van der Waals surface area contributed by atoms with Crippen molar-refractivity contribution in [3.8, 4) is 0 Å². The SMILES string of the molecule is CCNC(Cc1cccc(Cl)c1)CC(C)CC. The first-order valence-corrected chi connectivity index (χ1v) is 7.01. The predicted molar refractivity (Wildman–Crippen MR) is 76.7 cm³/mol. The van der Waals surface area contributed by atoms with Crippen molar-refractivity contribution >= 4 is 11.6 Å². The van der Waals surface area contributed by atoms with E-state index in [9.17, 15) is 0 Å². The Hall–Kier alpha value is -0.530. The third-order valence-electron chi connectivity index (χ3n) is 3.25. The first-order valence-electron chi connectivity index (χ1n) is 6.63. The van der Waals surface area contributed by atoms with Crippen LogP contribution in [-0.2, 0) is 6.42 Å². The normalized spacial score (nSPS) is 14.6. The fourth-order valence-corrected chi connectivity index (χ4v) is 2.34. The molecule has 2 heteroatoms. The molecule has 0 aromatic heterocycles. The van der Waals surface area contributed by atoms with Gasteiger partial charge in [0.25, 0.3) is 0 Å². The van der Waals surface area contributed by atoms with E-state index in [4.69, 9.17) is 11.6 Å². The van der Waals surface area contributed by atoms with Crippen molar-refractivity contribution < 1.29 is 0 Å². The van der Waals surface area contributed by atoms with Crippen molar-refractivity contribution in [3.05, 3.63) is 34.9 Å². The summed E-state index contributed by atoms with van der Waals surface area (Å²) in [6, 6.07) is 8.76. The minimum Gasteiger partial charge on any atom is -0.314 e. The van der Waals surface area contributed by atoms with Gasteiger partial charge < -0.3 is 5.32 Å². The predicted octanol–water partition coefficient (Wildman–Crippen LogP) is 4.30. The van der Waals surface area contributed by atoms with Gasteiger partial charge in [0, 0.05) is 11.1 Å². The van der Waals surface area contributed by atoms with Gasteiger partial charge in [0.15, 0.2) is 0 Å². The number of benzene rings is 1. The maximum Gasteiger partial charge on any atom is 0.0408 e. The van der Waals surface area contributed by atoms with Gasteiger partial charge in [-0.1, -0.05) is 50.9 Å². The molecule has 1 aromatic rings. The van der Waals surface area contributed by atoms with E-state index in [0.717, 1.165) is 23.9 Å². The summed E-state index contributed by atoms with van der Waals surface area (Å²) < 4.78 is 0. The molecule has 0 amide bonds. The molecular formula is C15H24ClN. The summed E-state index contributed by atoms with van der Waals surface area (Å²) in [5, 5.41) is 4.41. The summed E-state index contributed by atoms with van der Waals surface area (Å²) in [6.07, 6.45) is 3.55. The fraction of sp³-hybridized carbons (Fsp3) is 0.600. The highest BCUT2D eigenvalue weighted by molar-refractivity contribution is 6.30. The lowest BCUT2D eigenvalue weighted by atomic mass is 9.94. The van der Waals surface area contributed by atoms with Crippen LogP contribution >= 0.6 is 11.6 Å². The van der Waals surface area contributed by atoms with Crippen LogP contribution in [0.5, 0.6) is 0 Å². The lowest BCUT2D eigenvalue weighted by Crippen LogP contribution is -2.32. The molecule has 0 bridgehead atoms. The van der Waals surface area contributed by atoms with Crippen LogP contribution in [0, 0.1) is 5.92 Å². The van der Waals surface area contributed by atoms with Crippen molar-refractivity contribution in [2.24, 2.45) is 5.92 Å². The Morgan fingerprint density at radius 3 is 2.65 bits per heavy atom. The van der Waals surface area contributed by atoms with Crippen molar-refractivity contribution in [2.75, 3.05) is 6.54 Å². The summed E-state index contributed by atoms with van der Waals surface area (Å²) in [5.74, 6) is 0.776. The number of nitrogens with one attached hydrogen (secondary N) is 1. The molecule has 0 aliphatic heterocycles. The molecule has 0 aliphatic rings. The van der Waals surface area contributed by atoms with Crippen molar-refractivity contribution in [1.29, 1.82) is 0 Å². The van der Waals surface area contributed by atoms with E-state index >= 15 is 0 Å². The average Bonchev–Trinajstić information content (AvgIpc) is 2.29. The van der Waals surface area contributed by atoms with Crippen LogP contribution in [0.3, 0.4) is 0 Å². The van der Waals surface area contributed by atoms with Crippen LogP contribution in [0.4, 0.5) is 0 Å². The van der Waals surface area contributed by atoms with E-state index in [1.54, 1.807) is 0 Å². The largest absolute Gasteiger partial charge is 0.314 e. The maximum atomic E-state index is 6.02. The Morgan fingerprint density at radius 1 is 1.29 bits per heavy atom. The summed E-state index contributed by atoms with van der Waals surface area (Å²) in [5.41, 5.74) is 1.33. The molecule has 1 rings (SSSR count). The first-order chi connectivity index (χ1) is 8.15. The molecule has 2 atom stereocenters. The highest BCUT2D eigenvalue weighted by atomic mass is 35.5. The Morgan fingerprint density at radius 2 is 2.06 bits per heavy atom. The van der Waals surface area contributed by atoms with E-state index < -0.39 is 0 Å². The Balaban J connectivity index is 2.59. The summed E-state index contributed by atoms with van der Waals surface area (Å²) in [7, 11) is 0. The van der Waals surface area contributed by atoms with Crippen LogP contribution < -0.4 is 5.32 Å². The molecule has 0 spiro atoms. The van der Waals surface area contributed by atoms with Crippen LogP contribution in [0.15, 0.2) is 24.3 Å². The van der Waals surface area contributed by atoms with E-state index in [2.05, 4.69) is 38.2 Å². The Bertz CT molecular complexity index is 324. The molecule has 2 unspecified atom stereocenters. The molecule has 0 radical (unpaired) electrons. The van der Waals surface area contributed by atoms with Crippen LogP contribution in [0.2, 0.25) is 5.02 Å². The van der Waals surface area contributed by atoms with Crippen LogP contribution in [0.1, 0.15) is 39.2 Å². The maximum absolute atomic E-state index is 6.02. The van der Waals surface area contributed by atoms with Gasteiger partial charge in [-0.25, -0.2) is 0 Å². The summed E-state index contributed by atoms with van der Waals surface area (Å²) in [6.45, 7) is 7.78. The van der Waals surface area contributed by atoms with Gasteiger partial charge in [0.05, 0.1) is 0 Å². The quantitative estimate of drug-likeness (QED) is 0.764. The molecular weight excluding hydrogens is 230 g/mol. The van der Waals surface area contributed by atoms with Gasteiger partial charge in [0.2, 0.25) is 0 Å². The zero-order valence-electron chi connectivity index (χ0n) is 11.2. The van der Waals surface area contributed by atoms with E-state index in [0.29, 0.717) is 6.04 Å². The van der Waals surface area contributed by atoms with Gasteiger partial charge in [0.1, 0.15) is 0 Å². The minimum atomic E-state index is 0.563. The first kappa shape index (κ1) is 14.5. The van der Waals surface area contributed by atoms with Gasteiger partial charge in [-0.3, -0.25) is 0 Å². The molecule has 0 saturated carbocycles. The smallest absolute Gasteiger partial charge is 0.0408 e. The highest BCUT2D eigenvalue weighted by Gasteiger charge is 2.12. The average molecular weight is 254 g/mol. The lowest BCUT2D eigenvalue weighted by Gasteiger charge is -2.21. The second kappa shape index (κ2) is 7.73. The van der Waals surface area contributed by atoms with Crippen molar-refractivity contribution in [1.82, 2.24) is 5.32 Å². The fourth-order valence-electron chi connectivity index (χ4n) is 2.13. The zero-order valence-corrected chi connectivity index (χ0v) is 11.9. The third-order valence-corrected chi connectivity index (χ3v) is 3.48. The Kier molecular flexibility index (Phi) is 6.61. The topological polar surface area (TPSA) is 12.0 Å². The lowest BCUT2D eigenvalue weighted by molar-refractivity contribution is 0.397. The Labute approximate surface area is 111 Å². The molecule has 0 fully saturated rings. The summed E-state index contributed by atoms with van der Waals surface area (Å²) >= 11 is 6.02. The van der Waals surface area contributed by atoms with Crippen molar-refractivity contribution in [2.45, 2.75) is 46.1 Å². The van der Waals surface area contributed by atoms with Gasteiger partial charge >= 0.3 is 0 Å². The second-order valence-corrected chi connectivity index (χ2v) is 5.27. The molecule has 0 aliphatic carbocycles. The van der Waals surface area contributed by atoms with E-state index in [1.807, 2.05) is 12.1 Å². The summed E-state index contributed by atoms with van der Waals surface area (Å²) in [4.78, 5) is 0. The monoisotopic (exact) mass is 253 g/mol. The van der Waals surface area contributed by atoms with Crippen LogP contribution in [-0.4, -0.2) is 12.6 Å². The zero-order chi connectivity index (χ0) is 12.7. The molecule has 0 heterocycles. The third kappa shape index (κ3) is 5.56. The minimum absolute atomic E-state index is 0.563. The number of rotatable bonds is 7. The second-order valence-electron chi connectivity index (χ2n) is 4.84. The number of hydrogen-bond acceptors (Lipinski definition) is 1.